The number of hydrogen-bond acceptors (Lipinski definition) is 3. The number of carbonyl (C=O) groups excluding carboxylic acids is 2. The minimum Gasteiger partial charge on any atom is -0.406 e. The van der Waals surface area contributed by atoms with Gasteiger partial charge in [0, 0.05) is 17.9 Å². The summed E-state index contributed by atoms with van der Waals surface area (Å²) in [5.41, 5.74) is 5.42. The predicted molar refractivity (Wildman–Crippen MR) is 84.5 cm³/mol. The molecule has 0 radical (unpaired) electrons. The second-order valence-electron chi connectivity index (χ2n) is 6.56. The molecule has 1 fully saturated rings. The van der Waals surface area contributed by atoms with E-state index in [1.54, 1.807) is 6.92 Å². The summed E-state index contributed by atoms with van der Waals surface area (Å²) in [6.45, 7) is 1.73. The fourth-order valence-corrected chi connectivity index (χ4v) is 2.94. The Morgan fingerprint density at radius 2 is 1.88 bits per heavy atom. The number of nitrogens with one attached hydrogen (secondary N) is 1. The van der Waals surface area contributed by atoms with Gasteiger partial charge in [0.15, 0.2) is 0 Å². The molecule has 0 aromatic heterocycles. The Morgan fingerprint density at radius 1 is 1.28 bits per heavy atom. The maximum Gasteiger partial charge on any atom is 0.573 e. The van der Waals surface area contributed by atoms with E-state index in [9.17, 15) is 22.8 Å². The molecule has 0 saturated heterocycles. The van der Waals surface area contributed by atoms with Crippen LogP contribution in [-0.2, 0) is 16.0 Å². The molecule has 8 heteroatoms. The molecule has 0 bridgehead atoms. The molecule has 0 heterocycles. The molecule has 2 amide bonds. The van der Waals surface area contributed by atoms with Gasteiger partial charge in [0.25, 0.3) is 0 Å². The third kappa shape index (κ3) is 5.65. The van der Waals surface area contributed by atoms with Gasteiger partial charge in [-0.25, -0.2) is 0 Å². The first-order valence-corrected chi connectivity index (χ1v) is 8.04. The van der Waals surface area contributed by atoms with Gasteiger partial charge < -0.3 is 15.8 Å². The van der Waals surface area contributed by atoms with Crippen LogP contribution >= 0.6 is 0 Å². The third-order valence-electron chi connectivity index (χ3n) is 4.36. The quantitative estimate of drug-likeness (QED) is 0.786. The van der Waals surface area contributed by atoms with E-state index >= 15 is 0 Å². The highest BCUT2D eigenvalue weighted by atomic mass is 19.4. The lowest BCUT2D eigenvalue weighted by atomic mass is 9.74. The van der Waals surface area contributed by atoms with Gasteiger partial charge in [0.2, 0.25) is 11.8 Å². The Morgan fingerprint density at radius 3 is 2.32 bits per heavy atom. The van der Waals surface area contributed by atoms with Gasteiger partial charge in [0.05, 0.1) is 0 Å². The largest absolute Gasteiger partial charge is 0.573 e. The van der Waals surface area contributed by atoms with E-state index in [1.807, 2.05) is 0 Å². The molecule has 3 N–H and O–H groups in total. The Bertz CT molecular complexity index is 625. The number of alkyl halides is 3. The first-order chi connectivity index (χ1) is 11.6. The number of primary amides is 1. The number of amides is 2. The van der Waals surface area contributed by atoms with Crippen molar-refractivity contribution in [2.45, 2.75) is 50.9 Å². The number of nitrogens with two attached hydrogens (primary N) is 1. The van der Waals surface area contributed by atoms with Crippen molar-refractivity contribution in [3.8, 4) is 5.75 Å². The van der Waals surface area contributed by atoms with E-state index in [4.69, 9.17) is 5.73 Å². The Balaban J connectivity index is 1.91. The summed E-state index contributed by atoms with van der Waals surface area (Å²) in [5.74, 6) is -1.34. The standard InChI is InChI=1S/C17H21F3N2O3/c1-11(15(24)22-16(7-2-8-16)10-14(21)23)9-12-3-5-13(6-4-12)25-17(18,19)20/h3-6,11H,2,7-10H2,1H3,(H2,21,23)(H,22,24). The van der Waals surface area contributed by atoms with Crippen molar-refractivity contribution >= 4 is 11.8 Å². The molecule has 0 spiro atoms. The van der Waals surface area contributed by atoms with Gasteiger partial charge in [-0.05, 0) is 43.4 Å². The van der Waals surface area contributed by atoms with E-state index in [0.29, 0.717) is 6.42 Å². The summed E-state index contributed by atoms with van der Waals surface area (Å²) < 4.78 is 40.2. The molecule has 5 nitrogen and oxygen atoms in total. The van der Waals surface area contributed by atoms with Crippen molar-refractivity contribution < 1.29 is 27.5 Å². The maximum atomic E-state index is 12.4. The van der Waals surface area contributed by atoms with Crippen LogP contribution < -0.4 is 15.8 Å². The lowest BCUT2D eigenvalue weighted by Gasteiger charge is -2.42. The van der Waals surface area contributed by atoms with Gasteiger partial charge in [-0.15, -0.1) is 13.2 Å². The average Bonchev–Trinajstić information content (AvgIpc) is 2.44. The molecular weight excluding hydrogens is 337 g/mol. The number of hydrogen-bond donors (Lipinski definition) is 2. The highest BCUT2D eigenvalue weighted by molar-refractivity contribution is 5.81. The molecule has 25 heavy (non-hydrogen) atoms. The molecule has 1 aromatic rings. The summed E-state index contributed by atoms with van der Waals surface area (Å²) in [6.07, 6.45) is -1.87. The molecule has 138 valence electrons. The minimum absolute atomic E-state index is 0.120. The molecular formula is C17H21F3N2O3. The van der Waals surface area contributed by atoms with Gasteiger partial charge in [0.1, 0.15) is 5.75 Å². The van der Waals surface area contributed by atoms with Gasteiger partial charge in [-0.3, -0.25) is 9.59 Å². The van der Waals surface area contributed by atoms with Crippen molar-refractivity contribution in [3.63, 3.8) is 0 Å². The predicted octanol–water partition coefficient (Wildman–Crippen LogP) is 2.68. The monoisotopic (exact) mass is 358 g/mol. The molecule has 1 atom stereocenters. The van der Waals surface area contributed by atoms with Crippen LogP contribution in [0.1, 0.15) is 38.2 Å². The Kier molecular flexibility index (Phi) is 5.59. The number of rotatable bonds is 7. The molecule has 2 rings (SSSR count). The fraction of sp³-hybridized carbons (Fsp3) is 0.529. The molecule has 1 aromatic carbocycles. The van der Waals surface area contributed by atoms with Gasteiger partial charge >= 0.3 is 6.36 Å². The van der Waals surface area contributed by atoms with Gasteiger partial charge in [-0.1, -0.05) is 19.1 Å². The summed E-state index contributed by atoms with van der Waals surface area (Å²) >= 11 is 0. The lowest BCUT2D eigenvalue weighted by molar-refractivity contribution is -0.274. The highest BCUT2D eigenvalue weighted by Gasteiger charge is 2.40. The average molecular weight is 358 g/mol. The third-order valence-corrected chi connectivity index (χ3v) is 4.36. The van der Waals surface area contributed by atoms with Crippen molar-refractivity contribution in [1.29, 1.82) is 0 Å². The van der Waals surface area contributed by atoms with E-state index < -0.39 is 17.8 Å². The van der Waals surface area contributed by atoms with Crippen LogP contribution in [-0.4, -0.2) is 23.7 Å². The van der Waals surface area contributed by atoms with Crippen molar-refractivity contribution in [2.75, 3.05) is 0 Å². The summed E-state index contributed by atoms with van der Waals surface area (Å²) in [7, 11) is 0. The molecule has 1 aliphatic carbocycles. The second kappa shape index (κ2) is 7.33. The number of benzene rings is 1. The molecule has 1 unspecified atom stereocenters. The topological polar surface area (TPSA) is 81.4 Å². The number of ether oxygens (including phenoxy) is 1. The van der Waals surface area contributed by atoms with Gasteiger partial charge in [-0.2, -0.15) is 0 Å². The van der Waals surface area contributed by atoms with Crippen molar-refractivity contribution in [3.05, 3.63) is 29.8 Å². The zero-order valence-corrected chi connectivity index (χ0v) is 13.9. The van der Waals surface area contributed by atoms with E-state index in [2.05, 4.69) is 10.1 Å². The zero-order chi connectivity index (χ0) is 18.7. The van der Waals surface area contributed by atoms with E-state index in [1.165, 1.54) is 24.3 Å². The number of halogens is 3. The normalized spacial score (nSPS) is 17.3. The maximum absolute atomic E-state index is 12.4. The first kappa shape index (κ1) is 19.1. The van der Waals surface area contributed by atoms with E-state index in [0.717, 1.165) is 24.8 Å². The van der Waals surface area contributed by atoms with Crippen LogP contribution in [0.5, 0.6) is 5.75 Å². The lowest BCUT2D eigenvalue weighted by Crippen LogP contribution is -2.56. The smallest absolute Gasteiger partial charge is 0.406 e. The SMILES string of the molecule is CC(Cc1ccc(OC(F)(F)F)cc1)C(=O)NC1(CC(N)=O)CCC1. The van der Waals surface area contributed by atoms with Crippen molar-refractivity contribution in [1.82, 2.24) is 5.32 Å². The van der Waals surface area contributed by atoms with Crippen LogP contribution in [0.15, 0.2) is 24.3 Å². The number of carbonyl (C=O) groups is 2. The Labute approximate surface area is 143 Å². The van der Waals surface area contributed by atoms with E-state index in [-0.39, 0.29) is 24.0 Å². The summed E-state index contributed by atoms with van der Waals surface area (Å²) in [5, 5.41) is 2.91. The molecule has 1 saturated carbocycles. The molecule has 1 aliphatic rings. The first-order valence-electron chi connectivity index (χ1n) is 8.04. The molecule has 0 aliphatic heterocycles. The zero-order valence-electron chi connectivity index (χ0n) is 13.9. The van der Waals surface area contributed by atoms with Crippen LogP contribution in [0.25, 0.3) is 0 Å². The Hall–Kier alpha value is -2.25. The fourth-order valence-electron chi connectivity index (χ4n) is 2.94. The van der Waals surface area contributed by atoms with Crippen LogP contribution in [0.3, 0.4) is 0 Å². The van der Waals surface area contributed by atoms with Crippen LogP contribution in [0, 0.1) is 5.92 Å². The minimum atomic E-state index is -4.73. The summed E-state index contributed by atoms with van der Waals surface area (Å²) in [4.78, 5) is 23.5. The van der Waals surface area contributed by atoms with Crippen LogP contribution in [0.4, 0.5) is 13.2 Å². The second-order valence-corrected chi connectivity index (χ2v) is 6.56. The highest BCUT2D eigenvalue weighted by Crippen LogP contribution is 2.35. The van der Waals surface area contributed by atoms with Crippen molar-refractivity contribution in [2.24, 2.45) is 11.7 Å². The summed E-state index contributed by atoms with van der Waals surface area (Å²) in [6, 6.07) is 5.42. The van der Waals surface area contributed by atoms with Crippen LogP contribution in [0.2, 0.25) is 0 Å².